The molecule has 25 heavy (non-hydrogen) atoms. The van der Waals surface area contributed by atoms with Crippen LogP contribution in [0.5, 0.6) is 0 Å². The second-order valence-electron chi connectivity index (χ2n) is 5.58. The van der Waals surface area contributed by atoms with E-state index in [0.717, 1.165) is 29.1 Å². The molecule has 2 aromatic heterocycles. The zero-order valence-electron chi connectivity index (χ0n) is 13.8. The summed E-state index contributed by atoms with van der Waals surface area (Å²) in [6.45, 7) is 2.44. The Balaban J connectivity index is 1.58. The van der Waals surface area contributed by atoms with Crippen molar-refractivity contribution >= 4 is 17.2 Å². The van der Waals surface area contributed by atoms with Gasteiger partial charge in [-0.3, -0.25) is 9.59 Å². The van der Waals surface area contributed by atoms with E-state index in [2.05, 4.69) is 20.3 Å². The Morgan fingerprint density at radius 1 is 1.28 bits per heavy atom. The summed E-state index contributed by atoms with van der Waals surface area (Å²) in [5.41, 5.74) is 1.39. The molecule has 1 amide bonds. The predicted molar refractivity (Wildman–Crippen MR) is 97.8 cm³/mol. The Kier molecular flexibility index (Phi) is 5.35. The van der Waals surface area contributed by atoms with E-state index in [-0.39, 0.29) is 5.56 Å². The fraction of sp³-hybridized carbons (Fsp3) is 0.222. The van der Waals surface area contributed by atoms with Gasteiger partial charge in [0.25, 0.3) is 11.5 Å². The van der Waals surface area contributed by atoms with Crippen LogP contribution in [0.25, 0.3) is 11.4 Å². The SMILES string of the molecule is Cc1csc(CCCNC(=O)c2cnc(-c3ccccc3)[nH]c2=O)n1. The number of thiazole rings is 1. The molecule has 128 valence electrons. The first-order chi connectivity index (χ1) is 12.1. The van der Waals surface area contributed by atoms with Crippen LogP contribution < -0.4 is 10.9 Å². The number of aryl methyl sites for hydroxylation is 2. The normalized spacial score (nSPS) is 10.6. The van der Waals surface area contributed by atoms with Gasteiger partial charge in [0.15, 0.2) is 0 Å². The lowest BCUT2D eigenvalue weighted by atomic mass is 10.2. The number of nitrogens with one attached hydrogen (secondary N) is 2. The van der Waals surface area contributed by atoms with Gasteiger partial charge in [-0.05, 0) is 13.3 Å². The van der Waals surface area contributed by atoms with E-state index in [1.54, 1.807) is 11.3 Å². The molecule has 2 heterocycles. The zero-order valence-corrected chi connectivity index (χ0v) is 14.6. The quantitative estimate of drug-likeness (QED) is 0.666. The Morgan fingerprint density at radius 2 is 2.08 bits per heavy atom. The second kappa shape index (κ2) is 7.85. The van der Waals surface area contributed by atoms with E-state index in [1.807, 2.05) is 42.6 Å². The molecule has 0 aliphatic rings. The second-order valence-corrected chi connectivity index (χ2v) is 6.53. The van der Waals surface area contributed by atoms with Crippen LogP contribution in [-0.4, -0.2) is 27.4 Å². The van der Waals surface area contributed by atoms with Gasteiger partial charge in [0.1, 0.15) is 11.4 Å². The average molecular weight is 354 g/mol. The molecule has 2 N–H and O–H groups in total. The van der Waals surface area contributed by atoms with Crippen molar-refractivity contribution in [2.45, 2.75) is 19.8 Å². The summed E-state index contributed by atoms with van der Waals surface area (Å²) < 4.78 is 0. The van der Waals surface area contributed by atoms with Gasteiger partial charge < -0.3 is 10.3 Å². The van der Waals surface area contributed by atoms with Crippen molar-refractivity contribution in [3.63, 3.8) is 0 Å². The average Bonchev–Trinajstić information content (AvgIpc) is 3.04. The Labute approximate surface area is 149 Å². The van der Waals surface area contributed by atoms with Crippen molar-refractivity contribution in [2.75, 3.05) is 6.54 Å². The number of H-pyrrole nitrogens is 1. The third-order valence-corrected chi connectivity index (χ3v) is 4.64. The fourth-order valence-electron chi connectivity index (χ4n) is 2.35. The minimum atomic E-state index is -0.443. The highest BCUT2D eigenvalue weighted by atomic mass is 32.1. The van der Waals surface area contributed by atoms with Gasteiger partial charge in [-0.25, -0.2) is 9.97 Å². The maximum atomic E-state index is 12.1. The number of hydrogen-bond acceptors (Lipinski definition) is 5. The van der Waals surface area contributed by atoms with E-state index in [9.17, 15) is 9.59 Å². The molecule has 0 spiro atoms. The highest BCUT2D eigenvalue weighted by Gasteiger charge is 2.12. The number of aromatic nitrogens is 3. The van der Waals surface area contributed by atoms with Gasteiger partial charge in [0.05, 0.1) is 5.01 Å². The van der Waals surface area contributed by atoms with E-state index in [0.29, 0.717) is 12.4 Å². The highest BCUT2D eigenvalue weighted by molar-refractivity contribution is 7.09. The van der Waals surface area contributed by atoms with Gasteiger partial charge in [0.2, 0.25) is 0 Å². The van der Waals surface area contributed by atoms with Gasteiger partial charge in [-0.2, -0.15) is 0 Å². The Hall–Kier alpha value is -2.80. The third kappa shape index (κ3) is 4.39. The van der Waals surface area contributed by atoms with Gasteiger partial charge in [0, 0.05) is 35.8 Å². The van der Waals surface area contributed by atoms with Crippen LogP contribution in [0.4, 0.5) is 0 Å². The number of nitrogens with zero attached hydrogens (tertiary/aromatic N) is 2. The Morgan fingerprint density at radius 3 is 2.76 bits per heavy atom. The van der Waals surface area contributed by atoms with Gasteiger partial charge in [-0.1, -0.05) is 30.3 Å². The largest absolute Gasteiger partial charge is 0.352 e. The molecular formula is C18H18N4O2S. The van der Waals surface area contributed by atoms with Crippen LogP contribution in [-0.2, 0) is 6.42 Å². The number of carbonyl (C=O) groups excluding carboxylic acids is 1. The van der Waals surface area contributed by atoms with Crippen molar-refractivity contribution in [3.05, 3.63) is 68.5 Å². The number of rotatable bonds is 6. The van der Waals surface area contributed by atoms with Crippen LogP contribution >= 0.6 is 11.3 Å². The molecule has 0 bridgehead atoms. The molecular weight excluding hydrogens is 336 g/mol. The lowest BCUT2D eigenvalue weighted by Crippen LogP contribution is -2.31. The van der Waals surface area contributed by atoms with Crippen LogP contribution in [0.1, 0.15) is 27.5 Å². The first kappa shape index (κ1) is 17.0. The predicted octanol–water partition coefficient (Wildman–Crippen LogP) is 2.56. The highest BCUT2D eigenvalue weighted by Crippen LogP contribution is 2.12. The first-order valence-corrected chi connectivity index (χ1v) is 8.85. The smallest absolute Gasteiger partial charge is 0.264 e. The standard InChI is InChI=1S/C18H18N4O2S/c1-12-11-25-15(21-12)8-5-9-19-17(23)14-10-20-16(22-18(14)24)13-6-3-2-4-7-13/h2-4,6-7,10-11H,5,8-9H2,1H3,(H,19,23)(H,20,22,24). The lowest BCUT2D eigenvalue weighted by Gasteiger charge is -2.05. The molecule has 6 nitrogen and oxygen atoms in total. The summed E-state index contributed by atoms with van der Waals surface area (Å²) in [5.74, 6) is 0.0324. The van der Waals surface area contributed by atoms with Crippen LogP contribution in [0, 0.1) is 6.92 Å². The van der Waals surface area contributed by atoms with Crippen molar-refractivity contribution < 1.29 is 4.79 Å². The first-order valence-electron chi connectivity index (χ1n) is 7.97. The summed E-state index contributed by atoms with van der Waals surface area (Å²) in [6.07, 6.45) is 2.90. The number of benzene rings is 1. The summed E-state index contributed by atoms with van der Waals surface area (Å²) in [4.78, 5) is 35.5. The maximum absolute atomic E-state index is 12.1. The van der Waals surface area contributed by atoms with Crippen LogP contribution in [0.15, 0.2) is 46.7 Å². The summed E-state index contributed by atoms with van der Waals surface area (Å²) >= 11 is 1.62. The van der Waals surface area contributed by atoms with Crippen molar-refractivity contribution in [1.29, 1.82) is 0 Å². The molecule has 0 saturated carbocycles. The lowest BCUT2D eigenvalue weighted by molar-refractivity contribution is 0.0951. The number of amides is 1. The maximum Gasteiger partial charge on any atom is 0.264 e. The van der Waals surface area contributed by atoms with Crippen molar-refractivity contribution in [3.8, 4) is 11.4 Å². The molecule has 3 rings (SSSR count). The van der Waals surface area contributed by atoms with Crippen LogP contribution in [0.2, 0.25) is 0 Å². The third-order valence-electron chi connectivity index (χ3n) is 3.61. The minimum Gasteiger partial charge on any atom is -0.352 e. The van der Waals surface area contributed by atoms with Gasteiger partial charge in [-0.15, -0.1) is 11.3 Å². The summed E-state index contributed by atoms with van der Waals surface area (Å²) in [6, 6.07) is 9.30. The van der Waals surface area contributed by atoms with Crippen molar-refractivity contribution in [1.82, 2.24) is 20.3 Å². The van der Waals surface area contributed by atoms with E-state index >= 15 is 0 Å². The molecule has 3 aromatic rings. The minimum absolute atomic E-state index is 0.0183. The number of carbonyl (C=O) groups is 1. The van der Waals surface area contributed by atoms with E-state index in [4.69, 9.17) is 0 Å². The van der Waals surface area contributed by atoms with E-state index in [1.165, 1.54) is 6.20 Å². The zero-order chi connectivity index (χ0) is 17.6. The summed E-state index contributed by atoms with van der Waals surface area (Å²) in [5, 5.41) is 5.82. The van der Waals surface area contributed by atoms with Gasteiger partial charge >= 0.3 is 0 Å². The Bertz CT molecular complexity index is 918. The molecule has 7 heteroatoms. The number of hydrogen-bond donors (Lipinski definition) is 2. The van der Waals surface area contributed by atoms with Crippen molar-refractivity contribution in [2.24, 2.45) is 0 Å². The molecule has 0 fully saturated rings. The molecule has 0 saturated heterocycles. The molecule has 0 radical (unpaired) electrons. The van der Waals surface area contributed by atoms with E-state index < -0.39 is 11.5 Å². The fourth-order valence-corrected chi connectivity index (χ4v) is 3.17. The summed E-state index contributed by atoms with van der Waals surface area (Å²) in [7, 11) is 0. The molecule has 1 aromatic carbocycles. The molecule has 0 aliphatic heterocycles. The molecule has 0 unspecified atom stereocenters. The number of aromatic amines is 1. The molecule has 0 atom stereocenters. The topological polar surface area (TPSA) is 87.7 Å². The monoisotopic (exact) mass is 354 g/mol. The molecule has 0 aliphatic carbocycles. The van der Waals surface area contributed by atoms with Crippen LogP contribution in [0.3, 0.4) is 0 Å².